The van der Waals surface area contributed by atoms with Crippen molar-refractivity contribution < 1.29 is 4.74 Å². The minimum absolute atomic E-state index is 0.603. The Bertz CT molecular complexity index is 688. The molecule has 1 N–H and O–H groups in total. The minimum atomic E-state index is 0.603. The minimum Gasteiger partial charge on any atom is -0.494 e. The first-order chi connectivity index (χ1) is 10.0. The summed E-state index contributed by atoms with van der Waals surface area (Å²) in [5.74, 6) is 0.763. The molecule has 0 heterocycles. The van der Waals surface area contributed by atoms with Crippen LogP contribution in [0.15, 0.2) is 43.7 Å². The Morgan fingerprint density at radius 2 is 1.81 bits per heavy atom. The second-order valence-corrected chi connectivity index (χ2v) is 6.87. The SMILES string of the molecule is COc1c(Br)cc(CNc2cc(Br)ccc2C#N)cc1Br. The van der Waals surface area contributed by atoms with Crippen molar-refractivity contribution >= 4 is 53.5 Å². The maximum atomic E-state index is 9.13. The van der Waals surface area contributed by atoms with Crippen molar-refractivity contribution in [1.82, 2.24) is 0 Å². The summed E-state index contributed by atoms with van der Waals surface area (Å²) in [6.07, 6.45) is 0. The Morgan fingerprint density at radius 1 is 1.14 bits per heavy atom. The van der Waals surface area contributed by atoms with Gasteiger partial charge in [0.2, 0.25) is 0 Å². The average Bonchev–Trinajstić information content (AvgIpc) is 2.45. The van der Waals surface area contributed by atoms with E-state index >= 15 is 0 Å². The first-order valence-electron chi connectivity index (χ1n) is 6.00. The zero-order chi connectivity index (χ0) is 15.4. The summed E-state index contributed by atoms with van der Waals surface area (Å²) in [6, 6.07) is 11.7. The van der Waals surface area contributed by atoms with Crippen LogP contribution in [0, 0.1) is 11.3 Å². The Labute approximate surface area is 148 Å². The van der Waals surface area contributed by atoms with Gasteiger partial charge in [-0.15, -0.1) is 0 Å². The highest BCUT2D eigenvalue weighted by Gasteiger charge is 2.08. The van der Waals surface area contributed by atoms with Crippen molar-refractivity contribution in [2.75, 3.05) is 12.4 Å². The molecule has 0 atom stereocenters. The Balaban J connectivity index is 2.21. The molecule has 0 aliphatic carbocycles. The van der Waals surface area contributed by atoms with E-state index in [1.165, 1.54) is 0 Å². The van der Waals surface area contributed by atoms with Gasteiger partial charge in [0, 0.05) is 11.0 Å². The second kappa shape index (κ2) is 7.30. The van der Waals surface area contributed by atoms with Crippen LogP contribution in [-0.2, 0) is 6.54 Å². The number of hydrogen-bond donors (Lipinski definition) is 1. The van der Waals surface area contributed by atoms with Crippen LogP contribution in [0.3, 0.4) is 0 Å². The molecule has 0 aromatic heterocycles. The fourth-order valence-corrected chi connectivity index (χ4v) is 3.83. The Hall–Kier alpha value is -1.03. The standard InChI is InChI=1S/C15H11Br3N2O/c1-21-15-12(17)4-9(5-13(15)18)8-20-14-6-11(16)3-2-10(14)7-19/h2-6,20H,8H2,1H3. The van der Waals surface area contributed by atoms with Gasteiger partial charge >= 0.3 is 0 Å². The van der Waals surface area contributed by atoms with E-state index in [0.29, 0.717) is 12.1 Å². The molecule has 0 saturated heterocycles. The van der Waals surface area contributed by atoms with E-state index < -0.39 is 0 Å². The quantitative estimate of drug-likeness (QED) is 0.639. The van der Waals surface area contributed by atoms with Crippen LogP contribution >= 0.6 is 47.8 Å². The number of benzene rings is 2. The largest absolute Gasteiger partial charge is 0.494 e. The number of nitriles is 1. The van der Waals surface area contributed by atoms with Crippen molar-refractivity contribution in [2.45, 2.75) is 6.54 Å². The van der Waals surface area contributed by atoms with E-state index in [1.807, 2.05) is 24.3 Å². The molecule has 6 heteroatoms. The van der Waals surface area contributed by atoms with Crippen LogP contribution in [0.4, 0.5) is 5.69 Å². The van der Waals surface area contributed by atoms with E-state index in [2.05, 4.69) is 59.2 Å². The van der Waals surface area contributed by atoms with Crippen molar-refractivity contribution in [3.63, 3.8) is 0 Å². The van der Waals surface area contributed by atoms with Gasteiger partial charge in [-0.2, -0.15) is 5.26 Å². The van der Waals surface area contributed by atoms with E-state index in [9.17, 15) is 0 Å². The molecular formula is C15H11Br3N2O. The summed E-state index contributed by atoms with van der Waals surface area (Å²) in [7, 11) is 1.63. The predicted molar refractivity (Wildman–Crippen MR) is 94.6 cm³/mol. The number of hydrogen-bond acceptors (Lipinski definition) is 3. The monoisotopic (exact) mass is 472 g/mol. The van der Waals surface area contributed by atoms with Crippen LogP contribution < -0.4 is 10.1 Å². The van der Waals surface area contributed by atoms with E-state index in [4.69, 9.17) is 10.00 Å². The fraction of sp³-hybridized carbons (Fsp3) is 0.133. The molecular weight excluding hydrogens is 464 g/mol. The zero-order valence-corrected chi connectivity index (χ0v) is 15.8. The van der Waals surface area contributed by atoms with Gasteiger partial charge < -0.3 is 10.1 Å². The summed E-state index contributed by atoms with van der Waals surface area (Å²) in [5.41, 5.74) is 2.48. The Morgan fingerprint density at radius 3 is 2.38 bits per heavy atom. The van der Waals surface area contributed by atoms with Gasteiger partial charge in [0.05, 0.1) is 27.3 Å². The molecule has 0 bridgehead atoms. The van der Waals surface area contributed by atoms with Crippen molar-refractivity contribution in [2.24, 2.45) is 0 Å². The smallest absolute Gasteiger partial charge is 0.147 e. The molecule has 0 saturated carbocycles. The van der Waals surface area contributed by atoms with Gasteiger partial charge in [-0.05, 0) is 67.8 Å². The van der Waals surface area contributed by atoms with Crippen LogP contribution in [-0.4, -0.2) is 7.11 Å². The van der Waals surface area contributed by atoms with Crippen LogP contribution in [0.5, 0.6) is 5.75 Å². The number of rotatable bonds is 4. The van der Waals surface area contributed by atoms with Crippen molar-refractivity contribution in [3.05, 3.63) is 54.9 Å². The Kier molecular flexibility index (Phi) is 5.68. The maximum absolute atomic E-state index is 9.13. The number of halogens is 3. The lowest BCUT2D eigenvalue weighted by molar-refractivity contribution is 0.409. The lowest BCUT2D eigenvalue weighted by Gasteiger charge is -2.12. The van der Waals surface area contributed by atoms with Gasteiger partial charge in [0.25, 0.3) is 0 Å². The van der Waals surface area contributed by atoms with Gasteiger partial charge in [0.1, 0.15) is 11.8 Å². The third-order valence-electron chi connectivity index (χ3n) is 2.85. The number of nitrogens with one attached hydrogen (secondary N) is 1. The molecule has 0 spiro atoms. The van der Waals surface area contributed by atoms with Crippen molar-refractivity contribution in [1.29, 1.82) is 5.26 Å². The normalized spacial score (nSPS) is 10.0. The van der Waals surface area contributed by atoms with Gasteiger partial charge in [-0.25, -0.2) is 0 Å². The molecule has 2 aromatic rings. The van der Waals surface area contributed by atoms with Crippen LogP contribution in [0.2, 0.25) is 0 Å². The summed E-state index contributed by atoms with van der Waals surface area (Å²) < 4.78 is 7.97. The number of ether oxygens (including phenoxy) is 1. The molecule has 0 unspecified atom stereocenters. The second-order valence-electron chi connectivity index (χ2n) is 4.25. The predicted octanol–water partition coefficient (Wildman–Crippen LogP) is 5.47. The number of nitrogens with zero attached hydrogens (tertiary/aromatic N) is 1. The summed E-state index contributed by atoms with van der Waals surface area (Å²) in [6.45, 7) is 0.603. The van der Waals surface area contributed by atoms with Crippen LogP contribution in [0.1, 0.15) is 11.1 Å². The summed E-state index contributed by atoms with van der Waals surface area (Å²) in [5, 5.41) is 12.4. The summed E-state index contributed by atoms with van der Waals surface area (Å²) >= 11 is 10.4. The number of methoxy groups -OCH3 is 1. The molecule has 0 radical (unpaired) electrons. The first-order valence-corrected chi connectivity index (χ1v) is 8.38. The lowest BCUT2D eigenvalue weighted by Crippen LogP contribution is -2.02. The molecule has 0 amide bonds. The molecule has 2 aromatic carbocycles. The highest BCUT2D eigenvalue weighted by atomic mass is 79.9. The molecule has 3 nitrogen and oxygen atoms in total. The third-order valence-corrected chi connectivity index (χ3v) is 4.52. The molecule has 0 aliphatic heterocycles. The zero-order valence-electron chi connectivity index (χ0n) is 11.1. The van der Waals surface area contributed by atoms with Crippen LogP contribution in [0.25, 0.3) is 0 Å². The van der Waals surface area contributed by atoms with E-state index in [0.717, 1.165) is 30.4 Å². The fourth-order valence-electron chi connectivity index (χ4n) is 1.87. The van der Waals surface area contributed by atoms with E-state index in [-0.39, 0.29) is 0 Å². The number of anilines is 1. The van der Waals surface area contributed by atoms with Gasteiger partial charge in [-0.3, -0.25) is 0 Å². The molecule has 21 heavy (non-hydrogen) atoms. The summed E-state index contributed by atoms with van der Waals surface area (Å²) in [4.78, 5) is 0. The van der Waals surface area contributed by atoms with Gasteiger partial charge in [-0.1, -0.05) is 15.9 Å². The van der Waals surface area contributed by atoms with Crippen molar-refractivity contribution in [3.8, 4) is 11.8 Å². The lowest BCUT2D eigenvalue weighted by atomic mass is 10.1. The highest BCUT2D eigenvalue weighted by molar-refractivity contribution is 9.11. The third kappa shape index (κ3) is 4.00. The molecule has 0 fully saturated rings. The molecule has 0 aliphatic rings. The first kappa shape index (κ1) is 16.3. The highest BCUT2D eigenvalue weighted by Crippen LogP contribution is 2.34. The topological polar surface area (TPSA) is 45.0 Å². The van der Waals surface area contributed by atoms with E-state index in [1.54, 1.807) is 13.2 Å². The molecule has 108 valence electrons. The molecule has 2 rings (SSSR count). The average molecular weight is 475 g/mol. The van der Waals surface area contributed by atoms with Gasteiger partial charge in [0.15, 0.2) is 0 Å². The maximum Gasteiger partial charge on any atom is 0.147 e.